The average Bonchev–Trinajstić information content (AvgIpc) is 2.93. The van der Waals surface area contributed by atoms with E-state index in [2.05, 4.69) is 6.58 Å². The number of benzene rings is 1. The lowest BCUT2D eigenvalue weighted by molar-refractivity contribution is 0.0513. The van der Waals surface area contributed by atoms with E-state index < -0.39 is 12.0 Å². The van der Waals surface area contributed by atoms with E-state index in [9.17, 15) is 14.4 Å². The molecular formula is C24H30N2O4. The van der Waals surface area contributed by atoms with E-state index >= 15 is 0 Å². The van der Waals surface area contributed by atoms with E-state index in [1.165, 1.54) is 4.90 Å². The molecule has 0 aliphatic rings. The molecule has 0 aliphatic heterocycles. The Bertz CT molecular complexity index is 970. The molecule has 6 nitrogen and oxygen atoms in total. The van der Waals surface area contributed by atoms with Crippen LogP contribution in [0.5, 0.6) is 0 Å². The maximum atomic E-state index is 13.4. The van der Waals surface area contributed by atoms with E-state index in [1.807, 2.05) is 19.1 Å². The molecule has 1 unspecified atom stereocenters. The summed E-state index contributed by atoms with van der Waals surface area (Å²) in [6, 6.07) is 6.50. The molecule has 1 aromatic carbocycles. The number of nitrogens with zero attached hydrogens (tertiary/aromatic N) is 2. The van der Waals surface area contributed by atoms with Gasteiger partial charge in [-0.05, 0) is 52.3 Å². The van der Waals surface area contributed by atoms with Gasteiger partial charge in [0.25, 0.3) is 5.91 Å². The summed E-state index contributed by atoms with van der Waals surface area (Å²) < 4.78 is 6.81. The zero-order valence-corrected chi connectivity index (χ0v) is 18.6. The van der Waals surface area contributed by atoms with Crippen LogP contribution >= 0.6 is 0 Å². The summed E-state index contributed by atoms with van der Waals surface area (Å²) in [5.74, 6) is -0.933. The topological polar surface area (TPSA) is 68.6 Å². The second-order valence-corrected chi connectivity index (χ2v) is 7.37. The predicted octanol–water partition coefficient (Wildman–Crippen LogP) is 4.03. The third kappa shape index (κ3) is 4.37. The number of rotatable bonds is 8. The fraction of sp³-hybridized carbons (Fsp3) is 0.375. The van der Waals surface area contributed by atoms with Gasteiger partial charge in [0.2, 0.25) is 0 Å². The van der Waals surface area contributed by atoms with Crippen LogP contribution in [0.3, 0.4) is 0 Å². The molecule has 2 aromatic rings. The summed E-state index contributed by atoms with van der Waals surface area (Å²) in [6.07, 6.45) is 1.60. The van der Waals surface area contributed by atoms with Crippen LogP contribution in [0.1, 0.15) is 61.9 Å². The highest BCUT2D eigenvalue weighted by Gasteiger charge is 2.32. The van der Waals surface area contributed by atoms with Crippen LogP contribution in [0.25, 0.3) is 0 Å². The van der Waals surface area contributed by atoms with Crippen LogP contribution in [-0.4, -0.2) is 46.3 Å². The molecule has 2 rings (SSSR count). The SMILES string of the molecule is C=CCN(C(=O)c1ccc(C)cc1)C(C)C(=O)c1c(C)c(C(=O)OCC)n(C)c1C. The summed E-state index contributed by atoms with van der Waals surface area (Å²) in [5, 5.41) is 0. The van der Waals surface area contributed by atoms with Gasteiger partial charge in [-0.1, -0.05) is 23.8 Å². The summed E-state index contributed by atoms with van der Waals surface area (Å²) in [6.45, 7) is 13.1. The van der Waals surface area contributed by atoms with Crippen LogP contribution < -0.4 is 0 Å². The molecule has 0 aliphatic carbocycles. The zero-order valence-electron chi connectivity index (χ0n) is 18.6. The Kier molecular flexibility index (Phi) is 7.38. The van der Waals surface area contributed by atoms with Gasteiger partial charge in [-0.2, -0.15) is 0 Å². The Morgan fingerprint density at radius 1 is 1.17 bits per heavy atom. The molecular weight excluding hydrogens is 380 g/mol. The Balaban J connectivity index is 2.44. The number of carbonyl (C=O) groups excluding carboxylic acids is 3. The van der Waals surface area contributed by atoms with Crippen molar-refractivity contribution in [2.24, 2.45) is 7.05 Å². The van der Waals surface area contributed by atoms with Crippen molar-refractivity contribution >= 4 is 17.7 Å². The van der Waals surface area contributed by atoms with Crippen LogP contribution in [0.2, 0.25) is 0 Å². The zero-order chi connectivity index (χ0) is 22.6. The highest BCUT2D eigenvalue weighted by Crippen LogP contribution is 2.25. The van der Waals surface area contributed by atoms with E-state index in [-0.39, 0.29) is 24.8 Å². The number of esters is 1. The number of hydrogen-bond donors (Lipinski definition) is 0. The summed E-state index contributed by atoms with van der Waals surface area (Å²) in [7, 11) is 1.73. The van der Waals surface area contributed by atoms with Crippen molar-refractivity contribution < 1.29 is 19.1 Å². The van der Waals surface area contributed by atoms with E-state index in [4.69, 9.17) is 4.74 Å². The number of ether oxygens (including phenoxy) is 1. The molecule has 0 spiro atoms. The predicted molar refractivity (Wildman–Crippen MR) is 117 cm³/mol. The van der Waals surface area contributed by atoms with Gasteiger partial charge in [-0.3, -0.25) is 9.59 Å². The van der Waals surface area contributed by atoms with Crippen molar-refractivity contribution in [2.45, 2.75) is 40.7 Å². The smallest absolute Gasteiger partial charge is 0.355 e. The van der Waals surface area contributed by atoms with Crippen molar-refractivity contribution in [1.29, 1.82) is 0 Å². The number of ketones is 1. The van der Waals surface area contributed by atoms with Crippen molar-refractivity contribution in [3.8, 4) is 0 Å². The number of amides is 1. The minimum Gasteiger partial charge on any atom is -0.461 e. The fourth-order valence-corrected chi connectivity index (χ4v) is 3.60. The van der Waals surface area contributed by atoms with Crippen molar-refractivity contribution in [3.05, 3.63) is 70.6 Å². The maximum absolute atomic E-state index is 13.4. The summed E-state index contributed by atoms with van der Waals surface area (Å²) in [5.41, 5.74) is 3.58. The number of hydrogen-bond acceptors (Lipinski definition) is 4. The first-order valence-electron chi connectivity index (χ1n) is 10.0. The first-order valence-corrected chi connectivity index (χ1v) is 10.0. The highest BCUT2D eigenvalue weighted by atomic mass is 16.5. The summed E-state index contributed by atoms with van der Waals surface area (Å²) >= 11 is 0. The minimum atomic E-state index is -0.730. The maximum Gasteiger partial charge on any atom is 0.355 e. The second-order valence-electron chi connectivity index (χ2n) is 7.37. The van der Waals surface area contributed by atoms with Gasteiger partial charge in [-0.25, -0.2) is 4.79 Å². The van der Waals surface area contributed by atoms with Crippen LogP contribution in [0, 0.1) is 20.8 Å². The van der Waals surface area contributed by atoms with Crippen LogP contribution in [0.15, 0.2) is 36.9 Å². The van der Waals surface area contributed by atoms with Gasteiger partial charge >= 0.3 is 5.97 Å². The molecule has 0 radical (unpaired) electrons. The van der Waals surface area contributed by atoms with Gasteiger partial charge in [0, 0.05) is 30.4 Å². The van der Waals surface area contributed by atoms with Crippen molar-refractivity contribution in [2.75, 3.05) is 13.2 Å². The van der Waals surface area contributed by atoms with Crippen molar-refractivity contribution in [1.82, 2.24) is 9.47 Å². The molecule has 0 fully saturated rings. The molecule has 1 amide bonds. The fourth-order valence-electron chi connectivity index (χ4n) is 3.60. The Labute approximate surface area is 178 Å². The van der Waals surface area contributed by atoms with Gasteiger partial charge in [0.05, 0.1) is 12.6 Å². The quantitative estimate of drug-likeness (QED) is 0.374. The number of carbonyl (C=O) groups is 3. The standard InChI is InChI=1S/C24H30N2O4/c1-8-14-26(23(28)19-12-10-15(3)11-13-19)18(6)22(27)20-16(4)21(24(29)30-9-2)25(7)17(20)5/h8,10-13,18H,1,9,14H2,2-7H3. The lowest BCUT2D eigenvalue weighted by Crippen LogP contribution is -2.43. The lowest BCUT2D eigenvalue weighted by atomic mass is 9.99. The first kappa shape index (κ1) is 23.1. The van der Waals surface area contributed by atoms with Gasteiger partial charge in [0.15, 0.2) is 5.78 Å². The minimum absolute atomic E-state index is 0.224. The molecule has 0 N–H and O–H groups in total. The van der Waals surface area contributed by atoms with Crippen LogP contribution in [0.4, 0.5) is 0 Å². The van der Waals surface area contributed by atoms with Gasteiger partial charge < -0.3 is 14.2 Å². The highest BCUT2D eigenvalue weighted by molar-refractivity contribution is 6.07. The molecule has 30 heavy (non-hydrogen) atoms. The molecule has 160 valence electrons. The number of Topliss-reactive ketones (excluding diaryl/α,β-unsaturated/α-hetero) is 1. The molecule has 1 heterocycles. The monoisotopic (exact) mass is 410 g/mol. The van der Waals surface area contributed by atoms with E-state index in [1.54, 1.807) is 57.5 Å². The van der Waals surface area contributed by atoms with Gasteiger partial charge in [0.1, 0.15) is 5.69 Å². The molecule has 6 heteroatoms. The Morgan fingerprint density at radius 3 is 2.30 bits per heavy atom. The lowest BCUT2D eigenvalue weighted by Gasteiger charge is -2.27. The summed E-state index contributed by atoms with van der Waals surface area (Å²) in [4.78, 5) is 40.4. The second kappa shape index (κ2) is 9.57. The first-order chi connectivity index (χ1) is 14.1. The number of aromatic nitrogens is 1. The molecule has 0 bridgehead atoms. The van der Waals surface area contributed by atoms with Gasteiger partial charge in [-0.15, -0.1) is 6.58 Å². The largest absolute Gasteiger partial charge is 0.461 e. The van der Waals surface area contributed by atoms with Crippen LogP contribution in [-0.2, 0) is 11.8 Å². The molecule has 0 saturated carbocycles. The number of aryl methyl sites for hydroxylation is 1. The Hall–Kier alpha value is -3.15. The molecule has 1 atom stereocenters. The Morgan fingerprint density at radius 2 is 1.77 bits per heavy atom. The average molecular weight is 411 g/mol. The molecule has 1 aromatic heterocycles. The normalized spacial score (nSPS) is 11.7. The third-order valence-corrected chi connectivity index (χ3v) is 5.38. The van der Waals surface area contributed by atoms with E-state index in [0.29, 0.717) is 28.1 Å². The van der Waals surface area contributed by atoms with Crippen molar-refractivity contribution in [3.63, 3.8) is 0 Å². The molecule has 0 saturated heterocycles. The van der Waals surface area contributed by atoms with E-state index in [0.717, 1.165) is 5.56 Å². The third-order valence-electron chi connectivity index (χ3n) is 5.38.